The van der Waals surface area contributed by atoms with Crippen LogP contribution in [-0.2, 0) is 0 Å². The van der Waals surface area contributed by atoms with Gasteiger partial charge in [0, 0.05) is 18.4 Å². The Kier molecular flexibility index (Phi) is 5.11. The Bertz CT molecular complexity index is 998. The molecule has 8 nitrogen and oxygen atoms in total. The number of ether oxygens (including phenoxy) is 1. The number of anilines is 1. The predicted molar refractivity (Wildman–Crippen MR) is 106 cm³/mol. The minimum Gasteiger partial charge on any atom is -0.633 e. The number of nitro benzene ring substituents is 1. The van der Waals surface area contributed by atoms with E-state index in [1.54, 1.807) is 26.2 Å². The van der Waals surface area contributed by atoms with Gasteiger partial charge < -0.3 is 19.9 Å². The van der Waals surface area contributed by atoms with Gasteiger partial charge in [-0.3, -0.25) is 10.1 Å². The van der Waals surface area contributed by atoms with E-state index in [1.807, 2.05) is 24.3 Å². The van der Waals surface area contributed by atoms with Crippen LogP contribution < -0.4 is 10.1 Å². The van der Waals surface area contributed by atoms with Crippen LogP contribution in [0.2, 0.25) is 0 Å². The van der Waals surface area contributed by atoms with Crippen LogP contribution in [0.5, 0.6) is 5.75 Å². The van der Waals surface area contributed by atoms with Crippen molar-refractivity contribution >= 4 is 33.2 Å². The number of nitrogens with zero attached hydrogens (tertiary/aromatic N) is 3. The fourth-order valence-electron chi connectivity index (χ4n) is 3.15. The number of nitrogens with one attached hydrogen (secondary N) is 1. The molecule has 0 bridgehead atoms. The topological polar surface area (TPSA) is 100 Å². The summed E-state index contributed by atoms with van der Waals surface area (Å²) in [6.07, 6.45) is 0.631. The number of hydrogen-bond donors (Lipinski definition) is 1. The van der Waals surface area contributed by atoms with Crippen molar-refractivity contribution in [1.29, 1.82) is 0 Å². The average molecular weight is 370 g/mol. The summed E-state index contributed by atoms with van der Waals surface area (Å²) in [7, 11) is 4.59. The van der Waals surface area contributed by atoms with Crippen molar-refractivity contribution in [2.24, 2.45) is 0 Å². The number of hydroxylamine groups is 3. The van der Waals surface area contributed by atoms with E-state index in [-0.39, 0.29) is 16.1 Å². The van der Waals surface area contributed by atoms with Gasteiger partial charge in [-0.15, -0.1) is 0 Å². The minimum absolute atomic E-state index is 0.115. The standard InChI is InChI=1S/C19H22N4O4/c1-23(2,26)12-6-11-20-18-13-7-4-5-8-14(13)21-15-9-10-16(27-3)19(17(15)18)22(24)25/h4-5,7-10H,6,11-12H2,1-3H3,(H,20,21). The highest BCUT2D eigenvalue weighted by molar-refractivity contribution is 6.12. The summed E-state index contributed by atoms with van der Waals surface area (Å²) < 4.78 is 4.83. The van der Waals surface area contributed by atoms with E-state index < -0.39 is 4.92 Å². The molecule has 0 radical (unpaired) electrons. The number of nitro groups is 1. The lowest BCUT2D eigenvalue weighted by atomic mass is 10.1. The first-order valence-electron chi connectivity index (χ1n) is 8.63. The molecule has 3 aromatic rings. The molecule has 3 rings (SSSR count). The quantitative estimate of drug-likeness (QED) is 0.224. The minimum atomic E-state index is -0.444. The Labute approximate surface area is 156 Å². The van der Waals surface area contributed by atoms with Crippen molar-refractivity contribution < 1.29 is 14.3 Å². The van der Waals surface area contributed by atoms with Gasteiger partial charge >= 0.3 is 5.69 Å². The number of para-hydroxylation sites is 1. The Hall–Kier alpha value is -2.97. The third-order valence-corrected chi connectivity index (χ3v) is 4.36. The molecule has 0 spiro atoms. The van der Waals surface area contributed by atoms with Crippen molar-refractivity contribution in [3.8, 4) is 5.75 Å². The molecule has 0 saturated heterocycles. The molecule has 27 heavy (non-hydrogen) atoms. The highest BCUT2D eigenvalue weighted by Crippen LogP contribution is 2.41. The maximum atomic E-state index is 11.8. The molecule has 1 N–H and O–H groups in total. The van der Waals surface area contributed by atoms with Crippen LogP contribution in [0.25, 0.3) is 21.8 Å². The van der Waals surface area contributed by atoms with E-state index >= 15 is 0 Å². The van der Waals surface area contributed by atoms with Gasteiger partial charge in [0.15, 0.2) is 5.75 Å². The van der Waals surface area contributed by atoms with Crippen LogP contribution in [0.1, 0.15) is 6.42 Å². The van der Waals surface area contributed by atoms with Gasteiger partial charge in [0.1, 0.15) is 5.39 Å². The fraction of sp³-hybridized carbons (Fsp3) is 0.316. The third kappa shape index (κ3) is 3.91. The second-order valence-corrected chi connectivity index (χ2v) is 6.85. The van der Waals surface area contributed by atoms with Crippen LogP contribution in [0.4, 0.5) is 11.4 Å². The lowest BCUT2D eigenvalue weighted by Gasteiger charge is -2.33. The molecule has 0 aliphatic carbocycles. The summed E-state index contributed by atoms with van der Waals surface area (Å²) >= 11 is 0. The largest absolute Gasteiger partial charge is 0.633 e. The Morgan fingerprint density at radius 1 is 1.19 bits per heavy atom. The second-order valence-electron chi connectivity index (χ2n) is 6.85. The van der Waals surface area contributed by atoms with Crippen LogP contribution in [0.15, 0.2) is 36.4 Å². The van der Waals surface area contributed by atoms with Gasteiger partial charge in [0.05, 0.1) is 49.4 Å². The predicted octanol–water partition coefficient (Wildman–Crippen LogP) is 3.68. The maximum absolute atomic E-state index is 11.8. The van der Waals surface area contributed by atoms with E-state index in [1.165, 1.54) is 7.11 Å². The van der Waals surface area contributed by atoms with E-state index in [4.69, 9.17) is 4.74 Å². The smallest absolute Gasteiger partial charge is 0.322 e. The molecular weight excluding hydrogens is 348 g/mol. The van der Waals surface area contributed by atoms with E-state index in [2.05, 4.69) is 10.3 Å². The SMILES string of the molecule is COc1ccc2nc3ccccc3c(NCCC[N+](C)(C)[O-])c2c1[N+](=O)[O-]. The summed E-state index contributed by atoms with van der Waals surface area (Å²) in [5.41, 5.74) is 1.78. The average Bonchev–Trinajstić information content (AvgIpc) is 2.62. The summed E-state index contributed by atoms with van der Waals surface area (Å²) in [5.74, 6) is 0.185. The molecule has 142 valence electrons. The number of methoxy groups -OCH3 is 1. The summed E-state index contributed by atoms with van der Waals surface area (Å²) in [4.78, 5) is 15.9. The summed E-state index contributed by atoms with van der Waals surface area (Å²) in [5, 5.41) is 28.0. The molecular formula is C19H22N4O4. The summed E-state index contributed by atoms with van der Waals surface area (Å²) in [6.45, 7) is 0.959. The van der Waals surface area contributed by atoms with Gasteiger partial charge in [-0.25, -0.2) is 4.98 Å². The lowest BCUT2D eigenvalue weighted by Crippen LogP contribution is -2.34. The van der Waals surface area contributed by atoms with Crippen LogP contribution in [0, 0.1) is 15.3 Å². The fourth-order valence-corrected chi connectivity index (χ4v) is 3.15. The highest BCUT2D eigenvalue weighted by atomic mass is 16.6. The Morgan fingerprint density at radius 2 is 1.93 bits per heavy atom. The lowest BCUT2D eigenvalue weighted by molar-refractivity contribution is -0.839. The molecule has 0 fully saturated rings. The first kappa shape index (κ1) is 18.8. The molecule has 8 heteroatoms. The van der Waals surface area contributed by atoms with Gasteiger partial charge in [-0.1, -0.05) is 18.2 Å². The van der Waals surface area contributed by atoms with E-state index in [9.17, 15) is 15.3 Å². The monoisotopic (exact) mass is 370 g/mol. The first-order valence-corrected chi connectivity index (χ1v) is 8.63. The van der Waals surface area contributed by atoms with Crippen LogP contribution >= 0.6 is 0 Å². The molecule has 0 aliphatic rings. The molecule has 0 atom stereocenters. The molecule has 0 aliphatic heterocycles. The molecule has 1 heterocycles. The molecule has 1 aromatic heterocycles. The molecule has 0 unspecified atom stereocenters. The number of pyridine rings is 1. The normalized spacial score (nSPS) is 11.7. The number of fused-ring (bicyclic) bond motifs is 2. The van der Waals surface area contributed by atoms with Gasteiger partial charge in [-0.2, -0.15) is 0 Å². The number of aromatic nitrogens is 1. The van der Waals surface area contributed by atoms with Crippen molar-refractivity contribution in [3.05, 3.63) is 51.7 Å². The highest BCUT2D eigenvalue weighted by Gasteiger charge is 2.24. The number of benzene rings is 2. The Balaban J connectivity index is 2.17. The van der Waals surface area contributed by atoms with Crippen molar-refractivity contribution in [2.45, 2.75) is 6.42 Å². The molecule has 2 aromatic carbocycles. The summed E-state index contributed by atoms with van der Waals surface area (Å²) in [6, 6.07) is 10.8. The van der Waals surface area contributed by atoms with E-state index in [0.717, 1.165) is 10.9 Å². The molecule has 0 amide bonds. The second kappa shape index (κ2) is 7.34. The maximum Gasteiger partial charge on any atom is 0.322 e. The van der Waals surface area contributed by atoms with Gasteiger partial charge in [0.25, 0.3) is 0 Å². The van der Waals surface area contributed by atoms with Crippen molar-refractivity contribution in [1.82, 2.24) is 4.98 Å². The van der Waals surface area contributed by atoms with Gasteiger partial charge in [-0.05, 0) is 18.2 Å². The van der Waals surface area contributed by atoms with Gasteiger partial charge in [0.2, 0.25) is 0 Å². The zero-order valence-corrected chi connectivity index (χ0v) is 15.6. The van der Waals surface area contributed by atoms with Crippen molar-refractivity contribution in [2.75, 3.05) is 39.6 Å². The Morgan fingerprint density at radius 3 is 2.59 bits per heavy atom. The number of rotatable bonds is 7. The number of quaternary nitrogens is 1. The first-order chi connectivity index (χ1) is 12.8. The zero-order valence-electron chi connectivity index (χ0n) is 15.6. The van der Waals surface area contributed by atoms with Crippen LogP contribution in [-0.4, -0.2) is 48.8 Å². The van der Waals surface area contributed by atoms with Crippen molar-refractivity contribution in [3.63, 3.8) is 0 Å². The number of hydrogen-bond acceptors (Lipinski definition) is 6. The van der Waals surface area contributed by atoms with E-state index in [0.29, 0.717) is 36.1 Å². The zero-order chi connectivity index (χ0) is 19.6. The molecule has 0 saturated carbocycles. The van der Waals surface area contributed by atoms with Crippen LogP contribution in [0.3, 0.4) is 0 Å². The third-order valence-electron chi connectivity index (χ3n) is 4.36.